The van der Waals surface area contributed by atoms with Crippen LogP contribution in [0.3, 0.4) is 0 Å². The lowest BCUT2D eigenvalue weighted by atomic mass is 10.1. The maximum absolute atomic E-state index is 15.1. The molecule has 3 fully saturated rings. The topological polar surface area (TPSA) is 65.8 Å². The third-order valence-corrected chi connectivity index (χ3v) is 6.85. The summed E-state index contributed by atoms with van der Waals surface area (Å²) in [6, 6.07) is 1.65. The zero-order chi connectivity index (χ0) is 19.7. The Labute approximate surface area is 178 Å². The van der Waals surface area contributed by atoms with Gasteiger partial charge in [-0.2, -0.15) is 0 Å². The van der Waals surface area contributed by atoms with Crippen LogP contribution in [-0.2, 0) is 0 Å². The number of likely N-dealkylation sites (tertiary alicyclic amines) is 1. The number of aromatic nitrogens is 1. The molecule has 2 atom stereocenters. The molecule has 29 heavy (non-hydrogen) atoms. The van der Waals surface area contributed by atoms with Crippen molar-refractivity contribution >= 4 is 46.6 Å². The second-order valence-electron chi connectivity index (χ2n) is 8.23. The maximum atomic E-state index is 15.1. The van der Waals surface area contributed by atoms with E-state index in [4.69, 9.17) is 11.6 Å². The Hall–Kier alpha value is -1.83. The SMILES string of the molecule is CN1CCC2CN(c3c(F)cc4c(=O)c(C(=O)O)cn(C5CC5)c4c3Cl)CC21.Cl. The summed E-state index contributed by atoms with van der Waals surface area (Å²) in [6.07, 6.45) is 4.22. The molecule has 2 aromatic rings. The van der Waals surface area contributed by atoms with Crippen LogP contribution in [-0.4, -0.2) is 53.3 Å². The van der Waals surface area contributed by atoms with Crippen LogP contribution in [0.4, 0.5) is 10.1 Å². The molecule has 9 heteroatoms. The van der Waals surface area contributed by atoms with Crippen molar-refractivity contribution in [3.8, 4) is 0 Å². The van der Waals surface area contributed by atoms with Crippen molar-refractivity contribution in [2.45, 2.75) is 31.3 Å². The Balaban J connectivity index is 0.00000205. The van der Waals surface area contributed by atoms with E-state index in [9.17, 15) is 14.7 Å². The number of pyridine rings is 1. The number of rotatable bonds is 3. The molecule has 2 saturated heterocycles. The molecule has 1 saturated carbocycles. The molecule has 0 spiro atoms. The second-order valence-corrected chi connectivity index (χ2v) is 8.61. The first-order chi connectivity index (χ1) is 13.4. The fourth-order valence-electron chi connectivity index (χ4n) is 4.87. The van der Waals surface area contributed by atoms with E-state index in [1.54, 1.807) is 4.57 Å². The zero-order valence-electron chi connectivity index (χ0n) is 15.9. The smallest absolute Gasteiger partial charge is 0.341 e. The Morgan fingerprint density at radius 1 is 1.28 bits per heavy atom. The lowest BCUT2D eigenvalue weighted by Gasteiger charge is -2.25. The molecule has 1 N–H and O–H groups in total. The summed E-state index contributed by atoms with van der Waals surface area (Å²) >= 11 is 6.70. The van der Waals surface area contributed by atoms with Gasteiger partial charge in [-0.05, 0) is 44.8 Å². The summed E-state index contributed by atoms with van der Waals surface area (Å²) in [6.45, 7) is 2.48. The fourth-order valence-corrected chi connectivity index (χ4v) is 5.28. The number of hydrogen-bond donors (Lipinski definition) is 1. The number of carboxylic acids is 1. The van der Waals surface area contributed by atoms with E-state index in [1.165, 1.54) is 12.3 Å². The van der Waals surface area contributed by atoms with E-state index in [0.717, 1.165) is 32.4 Å². The highest BCUT2D eigenvalue weighted by molar-refractivity contribution is 6.38. The first-order valence-electron chi connectivity index (χ1n) is 9.62. The summed E-state index contributed by atoms with van der Waals surface area (Å²) in [5, 5.41) is 9.62. The van der Waals surface area contributed by atoms with Crippen LogP contribution in [0.2, 0.25) is 5.02 Å². The monoisotopic (exact) mass is 441 g/mol. The van der Waals surface area contributed by atoms with Gasteiger partial charge in [0.15, 0.2) is 0 Å². The Kier molecular flexibility index (Phi) is 5.04. The molecule has 1 aromatic heterocycles. The van der Waals surface area contributed by atoms with Crippen LogP contribution in [0.5, 0.6) is 0 Å². The molecular weight excluding hydrogens is 420 g/mol. The molecule has 3 aliphatic rings. The minimum Gasteiger partial charge on any atom is -0.477 e. The van der Waals surface area contributed by atoms with Gasteiger partial charge in [-0.15, -0.1) is 12.4 Å². The number of aromatic carboxylic acids is 1. The molecule has 2 unspecified atom stereocenters. The van der Waals surface area contributed by atoms with Gasteiger partial charge in [0.2, 0.25) is 5.43 Å². The van der Waals surface area contributed by atoms with E-state index >= 15 is 4.39 Å². The van der Waals surface area contributed by atoms with E-state index in [0.29, 0.717) is 29.7 Å². The van der Waals surface area contributed by atoms with Crippen LogP contribution < -0.4 is 10.3 Å². The van der Waals surface area contributed by atoms with Gasteiger partial charge in [0.1, 0.15) is 11.4 Å². The zero-order valence-corrected chi connectivity index (χ0v) is 17.5. The van der Waals surface area contributed by atoms with Crippen molar-refractivity contribution in [3.05, 3.63) is 38.9 Å². The van der Waals surface area contributed by atoms with Gasteiger partial charge in [-0.25, -0.2) is 9.18 Å². The fraction of sp³-hybridized carbons (Fsp3) is 0.500. The van der Waals surface area contributed by atoms with Crippen LogP contribution in [0.15, 0.2) is 17.1 Å². The summed E-state index contributed by atoms with van der Waals surface area (Å²) in [4.78, 5) is 28.4. The third-order valence-electron chi connectivity index (χ3n) is 6.50. The minimum absolute atomic E-state index is 0. The molecule has 0 radical (unpaired) electrons. The molecule has 1 aliphatic carbocycles. The summed E-state index contributed by atoms with van der Waals surface area (Å²) in [5.41, 5.74) is -0.264. The average molecular weight is 442 g/mol. The number of nitrogens with zero attached hydrogens (tertiary/aromatic N) is 3. The summed E-state index contributed by atoms with van der Waals surface area (Å²) in [5.74, 6) is -1.39. The van der Waals surface area contributed by atoms with Crippen molar-refractivity contribution in [1.82, 2.24) is 9.47 Å². The quantitative estimate of drug-likeness (QED) is 0.790. The molecular formula is C20H22Cl2FN3O3. The largest absolute Gasteiger partial charge is 0.477 e. The normalized spacial score (nSPS) is 24.0. The molecule has 3 heterocycles. The molecule has 6 nitrogen and oxygen atoms in total. The van der Waals surface area contributed by atoms with E-state index in [1.807, 2.05) is 4.90 Å². The number of benzene rings is 1. The number of likely N-dealkylation sites (N-methyl/N-ethyl adjacent to an activating group) is 1. The molecule has 5 rings (SSSR count). The van der Waals surface area contributed by atoms with E-state index in [-0.39, 0.29) is 34.4 Å². The van der Waals surface area contributed by atoms with Gasteiger partial charge >= 0.3 is 5.97 Å². The van der Waals surface area contributed by atoms with Gasteiger partial charge in [0.25, 0.3) is 0 Å². The predicted octanol–water partition coefficient (Wildman–Crippen LogP) is 3.39. The van der Waals surface area contributed by atoms with Crippen molar-refractivity contribution in [2.24, 2.45) is 5.92 Å². The van der Waals surface area contributed by atoms with Gasteiger partial charge < -0.3 is 19.5 Å². The van der Waals surface area contributed by atoms with Gasteiger partial charge in [-0.3, -0.25) is 4.79 Å². The second kappa shape index (κ2) is 7.15. The number of halogens is 3. The van der Waals surface area contributed by atoms with Crippen molar-refractivity contribution < 1.29 is 14.3 Å². The highest BCUT2D eigenvalue weighted by Gasteiger charge is 2.41. The van der Waals surface area contributed by atoms with E-state index < -0.39 is 17.2 Å². The predicted molar refractivity (Wildman–Crippen MR) is 112 cm³/mol. The highest BCUT2D eigenvalue weighted by Crippen LogP contribution is 2.44. The van der Waals surface area contributed by atoms with Crippen LogP contribution >= 0.6 is 24.0 Å². The molecule has 1 aromatic carbocycles. The van der Waals surface area contributed by atoms with Crippen molar-refractivity contribution in [1.29, 1.82) is 0 Å². The van der Waals surface area contributed by atoms with E-state index in [2.05, 4.69) is 11.9 Å². The first kappa shape index (κ1) is 20.4. The maximum Gasteiger partial charge on any atom is 0.341 e. The number of carbonyl (C=O) groups is 1. The Morgan fingerprint density at radius 3 is 2.62 bits per heavy atom. The third kappa shape index (κ3) is 3.10. The Morgan fingerprint density at radius 2 is 2.00 bits per heavy atom. The van der Waals surface area contributed by atoms with Crippen LogP contribution in [0.25, 0.3) is 10.9 Å². The summed E-state index contributed by atoms with van der Waals surface area (Å²) < 4.78 is 16.9. The standard InChI is InChI=1S/C20H21ClFN3O3.ClH/c1-23-5-4-10-7-24(9-15(10)23)18-14(22)6-12-17(16(18)21)25(11-2-3-11)8-13(19(12)26)20(27)28;/h6,8,10-11,15H,2-5,7,9H2,1H3,(H,27,28);1H. The van der Waals surface area contributed by atoms with Crippen molar-refractivity contribution in [2.75, 3.05) is 31.6 Å². The number of carboxylic acid groups (broad SMARTS) is 1. The molecule has 0 amide bonds. The van der Waals surface area contributed by atoms with Gasteiger partial charge in [0.05, 0.1) is 21.6 Å². The van der Waals surface area contributed by atoms with Crippen LogP contribution in [0.1, 0.15) is 35.7 Å². The number of anilines is 1. The molecule has 2 aliphatic heterocycles. The summed E-state index contributed by atoms with van der Waals surface area (Å²) in [7, 11) is 2.09. The minimum atomic E-state index is -1.31. The van der Waals surface area contributed by atoms with Gasteiger partial charge in [0, 0.05) is 31.4 Å². The number of hydrogen-bond acceptors (Lipinski definition) is 4. The molecule has 156 valence electrons. The first-order valence-corrected chi connectivity index (χ1v) is 10.00. The van der Waals surface area contributed by atoms with Gasteiger partial charge in [-0.1, -0.05) is 11.6 Å². The lowest BCUT2D eigenvalue weighted by Crippen LogP contribution is -2.32. The lowest BCUT2D eigenvalue weighted by molar-refractivity contribution is 0.0695. The highest BCUT2D eigenvalue weighted by atomic mass is 35.5. The molecule has 0 bridgehead atoms. The average Bonchev–Trinajstić information content (AvgIpc) is 3.31. The van der Waals surface area contributed by atoms with Crippen LogP contribution in [0, 0.1) is 11.7 Å². The van der Waals surface area contributed by atoms with Crippen molar-refractivity contribution in [3.63, 3.8) is 0 Å². The Bertz CT molecular complexity index is 1070. The number of fused-ring (bicyclic) bond motifs is 2.